The molecule has 0 aliphatic carbocycles. The number of likely N-dealkylation sites (tertiary alicyclic amines) is 1. The molecule has 0 aromatic rings. The Hall–Kier alpha value is -1.30. The minimum absolute atomic E-state index is 0.0482. The quantitative estimate of drug-likeness (QED) is 0.754. The van der Waals surface area contributed by atoms with Gasteiger partial charge in [0, 0.05) is 25.7 Å². The van der Waals surface area contributed by atoms with Crippen LogP contribution in [0.3, 0.4) is 0 Å². The maximum atomic E-state index is 11.0. The third-order valence-corrected chi connectivity index (χ3v) is 2.98. The molecule has 17 heavy (non-hydrogen) atoms. The number of carbonyl (C=O) groups excluding carboxylic acids is 1. The Morgan fingerprint density at radius 3 is 2.71 bits per heavy atom. The maximum Gasteiger partial charge on any atom is 0.407 e. The molecule has 0 aromatic heterocycles. The number of hydrogen-bond donors (Lipinski definition) is 2. The summed E-state index contributed by atoms with van der Waals surface area (Å²) in [7, 11) is 1.33. The van der Waals surface area contributed by atoms with Crippen LogP contribution in [-0.2, 0) is 9.53 Å². The normalized spacial score (nSPS) is 21.2. The molecule has 0 saturated carbocycles. The standard InChI is InChI=1S/C11H20N2O4/c1-11(2,9(14)15)7-13-5-4-8(6-13)12-10(16)17-3/h8H,4-7H2,1-3H3,(H,12,16)(H,14,15). The van der Waals surface area contributed by atoms with Gasteiger partial charge in [-0.15, -0.1) is 0 Å². The number of carbonyl (C=O) groups is 2. The lowest BCUT2D eigenvalue weighted by Gasteiger charge is -2.26. The zero-order valence-corrected chi connectivity index (χ0v) is 10.5. The second kappa shape index (κ2) is 5.35. The lowest BCUT2D eigenvalue weighted by atomic mass is 9.93. The van der Waals surface area contributed by atoms with Crippen LogP contribution in [0, 0.1) is 5.41 Å². The smallest absolute Gasteiger partial charge is 0.407 e. The number of ether oxygens (including phenoxy) is 1. The first-order chi connectivity index (χ1) is 7.85. The maximum absolute atomic E-state index is 11.0. The topological polar surface area (TPSA) is 78.9 Å². The van der Waals surface area contributed by atoms with Crippen LogP contribution in [0.5, 0.6) is 0 Å². The van der Waals surface area contributed by atoms with Gasteiger partial charge in [0.2, 0.25) is 0 Å². The Labute approximate surface area is 101 Å². The summed E-state index contributed by atoms with van der Waals surface area (Å²) in [6.07, 6.45) is 0.388. The molecule has 0 radical (unpaired) electrons. The summed E-state index contributed by atoms with van der Waals surface area (Å²) in [5.74, 6) is -0.804. The van der Waals surface area contributed by atoms with E-state index in [4.69, 9.17) is 5.11 Å². The van der Waals surface area contributed by atoms with Crippen LogP contribution in [0.4, 0.5) is 4.79 Å². The third-order valence-electron chi connectivity index (χ3n) is 2.98. The van der Waals surface area contributed by atoms with E-state index in [0.717, 1.165) is 13.0 Å². The van der Waals surface area contributed by atoms with Gasteiger partial charge in [-0.2, -0.15) is 0 Å². The van der Waals surface area contributed by atoms with Crippen LogP contribution >= 0.6 is 0 Å². The van der Waals surface area contributed by atoms with Gasteiger partial charge in [0.15, 0.2) is 0 Å². The van der Waals surface area contributed by atoms with E-state index < -0.39 is 17.5 Å². The highest BCUT2D eigenvalue weighted by atomic mass is 16.5. The molecule has 6 heteroatoms. The van der Waals surface area contributed by atoms with Gasteiger partial charge in [-0.05, 0) is 20.3 Å². The van der Waals surface area contributed by atoms with Crippen molar-refractivity contribution in [2.75, 3.05) is 26.7 Å². The minimum atomic E-state index is -0.804. The molecule has 1 saturated heterocycles. The third kappa shape index (κ3) is 3.89. The molecule has 2 N–H and O–H groups in total. The van der Waals surface area contributed by atoms with Crippen LogP contribution in [0.1, 0.15) is 20.3 Å². The average molecular weight is 244 g/mol. The second-order valence-corrected chi connectivity index (χ2v) is 5.05. The molecule has 1 unspecified atom stereocenters. The van der Waals surface area contributed by atoms with E-state index in [0.29, 0.717) is 13.1 Å². The molecule has 98 valence electrons. The molecule has 6 nitrogen and oxygen atoms in total. The fourth-order valence-corrected chi connectivity index (χ4v) is 1.95. The summed E-state index contributed by atoms with van der Waals surface area (Å²) >= 11 is 0. The number of nitrogens with zero attached hydrogens (tertiary/aromatic N) is 1. The first kappa shape index (κ1) is 13.8. The van der Waals surface area contributed by atoms with Crippen molar-refractivity contribution in [3.63, 3.8) is 0 Å². The van der Waals surface area contributed by atoms with Crippen LogP contribution in [-0.4, -0.2) is 54.9 Å². The predicted octanol–water partition coefficient (Wildman–Crippen LogP) is 0.527. The molecule has 1 heterocycles. The fraction of sp³-hybridized carbons (Fsp3) is 0.818. The number of hydrogen-bond acceptors (Lipinski definition) is 4. The number of nitrogens with one attached hydrogen (secondary N) is 1. The first-order valence-corrected chi connectivity index (χ1v) is 5.65. The number of carboxylic acid groups (broad SMARTS) is 1. The summed E-state index contributed by atoms with van der Waals surface area (Å²) in [5.41, 5.74) is -0.764. The number of alkyl carbamates (subject to hydrolysis) is 1. The van der Waals surface area contributed by atoms with Crippen LogP contribution in [0.2, 0.25) is 0 Å². The molecule has 0 bridgehead atoms. The summed E-state index contributed by atoms with van der Waals surface area (Å²) in [6.45, 7) is 5.37. The lowest BCUT2D eigenvalue weighted by molar-refractivity contribution is -0.147. The van der Waals surface area contributed by atoms with Crippen molar-refractivity contribution in [1.82, 2.24) is 10.2 Å². The Bertz CT molecular complexity index is 304. The summed E-state index contributed by atoms with van der Waals surface area (Å²) < 4.78 is 4.52. The van der Waals surface area contributed by atoms with Crippen molar-refractivity contribution >= 4 is 12.1 Å². The minimum Gasteiger partial charge on any atom is -0.481 e. The Morgan fingerprint density at radius 2 is 2.18 bits per heavy atom. The zero-order chi connectivity index (χ0) is 13.1. The molecule has 0 aromatic carbocycles. The average Bonchev–Trinajstić information content (AvgIpc) is 2.64. The monoisotopic (exact) mass is 244 g/mol. The van der Waals surface area contributed by atoms with Crippen LogP contribution in [0.15, 0.2) is 0 Å². The van der Waals surface area contributed by atoms with E-state index in [1.165, 1.54) is 7.11 Å². The number of aliphatic carboxylic acids is 1. The van der Waals surface area contributed by atoms with E-state index in [-0.39, 0.29) is 6.04 Å². The Morgan fingerprint density at radius 1 is 1.53 bits per heavy atom. The van der Waals surface area contributed by atoms with Gasteiger partial charge in [-0.25, -0.2) is 4.79 Å². The van der Waals surface area contributed by atoms with Gasteiger partial charge >= 0.3 is 12.1 Å². The molecule has 1 amide bonds. The zero-order valence-electron chi connectivity index (χ0n) is 10.5. The Kier molecular flexibility index (Phi) is 4.34. The molecule has 1 rings (SSSR count). The number of methoxy groups -OCH3 is 1. The summed E-state index contributed by atoms with van der Waals surface area (Å²) in [4.78, 5) is 24.1. The van der Waals surface area contributed by atoms with Gasteiger partial charge in [0.25, 0.3) is 0 Å². The number of rotatable bonds is 4. The van der Waals surface area contributed by atoms with Crippen molar-refractivity contribution in [2.24, 2.45) is 5.41 Å². The van der Waals surface area contributed by atoms with Gasteiger partial charge < -0.3 is 20.1 Å². The molecule has 1 fully saturated rings. The van der Waals surface area contributed by atoms with Gasteiger partial charge in [-0.3, -0.25) is 4.79 Å². The van der Waals surface area contributed by atoms with E-state index in [9.17, 15) is 9.59 Å². The van der Waals surface area contributed by atoms with E-state index >= 15 is 0 Å². The van der Waals surface area contributed by atoms with E-state index in [1.807, 2.05) is 0 Å². The highest BCUT2D eigenvalue weighted by molar-refractivity contribution is 5.73. The van der Waals surface area contributed by atoms with E-state index in [1.54, 1.807) is 13.8 Å². The molecule has 1 aliphatic heterocycles. The number of carboxylic acids is 1. The van der Waals surface area contributed by atoms with Crippen LogP contribution in [0.25, 0.3) is 0 Å². The molecular formula is C11H20N2O4. The van der Waals surface area contributed by atoms with Crippen molar-refractivity contribution in [3.05, 3.63) is 0 Å². The first-order valence-electron chi connectivity index (χ1n) is 5.65. The highest BCUT2D eigenvalue weighted by Gasteiger charge is 2.33. The lowest BCUT2D eigenvalue weighted by Crippen LogP contribution is -2.41. The molecule has 1 aliphatic rings. The van der Waals surface area contributed by atoms with Crippen LogP contribution < -0.4 is 5.32 Å². The number of amides is 1. The van der Waals surface area contributed by atoms with Gasteiger partial charge in [0.1, 0.15) is 0 Å². The highest BCUT2D eigenvalue weighted by Crippen LogP contribution is 2.20. The van der Waals surface area contributed by atoms with Crippen molar-refractivity contribution in [3.8, 4) is 0 Å². The summed E-state index contributed by atoms with van der Waals surface area (Å²) in [6, 6.07) is 0.0482. The SMILES string of the molecule is COC(=O)NC1CCN(CC(C)(C)C(=O)O)C1. The predicted molar refractivity (Wildman–Crippen MR) is 61.8 cm³/mol. The van der Waals surface area contributed by atoms with Crippen molar-refractivity contribution in [1.29, 1.82) is 0 Å². The largest absolute Gasteiger partial charge is 0.481 e. The van der Waals surface area contributed by atoms with Gasteiger partial charge in [-0.1, -0.05) is 0 Å². The second-order valence-electron chi connectivity index (χ2n) is 5.05. The Balaban J connectivity index is 2.40. The molecule has 1 atom stereocenters. The molecular weight excluding hydrogens is 224 g/mol. The van der Waals surface area contributed by atoms with Gasteiger partial charge in [0.05, 0.1) is 12.5 Å². The van der Waals surface area contributed by atoms with Crippen molar-refractivity contribution in [2.45, 2.75) is 26.3 Å². The fourth-order valence-electron chi connectivity index (χ4n) is 1.95. The summed E-state index contributed by atoms with van der Waals surface area (Å²) in [5, 5.41) is 11.8. The van der Waals surface area contributed by atoms with Crippen molar-refractivity contribution < 1.29 is 19.4 Å². The molecule has 0 spiro atoms. The van der Waals surface area contributed by atoms with E-state index in [2.05, 4.69) is 15.0 Å².